The summed E-state index contributed by atoms with van der Waals surface area (Å²) in [5.74, 6) is 0. The standard InChI is InChI=1S/C33H44N2/c1-23-21-31(3,4)34(7)29-19-25(13-15-27(23)29)33(17-11-9-10-12-18-33)26-14-16-28-24(2)22-32(5,6)35(8)30(28)20-26/h13-16,19-22H,9-12,17-18H2,1-8H3. The van der Waals surface area contributed by atoms with Crippen molar-refractivity contribution in [2.45, 2.75) is 96.6 Å². The van der Waals surface area contributed by atoms with Gasteiger partial charge in [0, 0.05) is 42.0 Å². The van der Waals surface area contributed by atoms with Crippen LogP contribution in [-0.2, 0) is 5.41 Å². The molecule has 2 heterocycles. The zero-order chi connectivity index (χ0) is 25.2. The van der Waals surface area contributed by atoms with Crippen LogP contribution in [0.2, 0.25) is 0 Å². The molecule has 2 aromatic rings. The van der Waals surface area contributed by atoms with Gasteiger partial charge in [0.25, 0.3) is 0 Å². The van der Waals surface area contributed by atoms with Crippen molar-refractivity contribution in [2.75, 3.05) is 23.9 Å². The summed E-state index contributed by atoms with van der Waals surface area (Å²) in [6.45, 7) is 13.8. The van der Waals surface area contributed by atoms with E-state index in [0.717, 1.165) is 0 Å². The van der Waals surface area contributed by atoms with Crippen molar-refractivity contribution >= 4 is 22.5 Å². The normalized spacial score (nSPS) is 22.5. The van der Waals surface area contributed by atoms with Crippen LogP contribution in [-0.4, -0.2) is 25.2 Å². The van der Waals surface area contributed by atoms with E-state index in [-0.39, 0.29) is 16.5 Å². The molecule has 2 heteroatoms. The first-order valence-corrected chi connectivity index (χ1v) is 13.6. The number of fused-ring (bicyclic) bond motifs is 2. The van der Waals surface area contributed by atoms with E-state index < -0.39 is 0 Å². The van der Waals surface area contributed by atoms with Gasteiger partial charge in [-0.3, -0.25) is 0 Å². The molecular weight excluding hydrogens is 424 g/mol. The molecule has 2 aliphatic heterocycles. The second kappa shape index (κ2) is 8.29. The van der Waals surface area contributed by atoms with E-state index in [0.29, 0.717) is 0 Å². The highest BCUT2D eigenvalue weighted by atomic mass is 15.2. The predicted octanol–water partition coefficient (Wildman–Crippen LogP) is 8.59. The Morgan fingerprint density at radius 3 is 1.40 bits per heavy atom. The molecule has 5 rings (SSSR count). The Morgan fingerprint density at radius 1 is 0.600 bits per heavy atom. The third-order valence-electron chi connectivity index (χ3n) is 9.50. The first-order chi connectivity index (χ1) is 16.5. The number of likely N-dealkylation sites (N-methyl/N-ethyl adjacent to an activating group) is 2. The van der Waals surface area contributed by atoms with Gasteiger partial charge in [0.2, 0.25) is 0 Å². The van der Waals surface area contributed by atoms with Gasteiger partial charge in [-0.15, -0.1) is 0 Å². The summed E-state index contributed by atoms with van der Waals surface area (Å²) < 4.78 is 0. The Bertz CT molecular complexity index is 1110. The minimum atomic E-state index is 0.0241. The number of benzene rings is 2. The maximum absolute atomic E-state index is 2.54. The Balaban J connectivity index is 1.69. The van der Waals surface area contributed by atoms with Crippen molar-refractivity contribution in [3.05, 3.63) is 70.8 Å². The third-order valence-corrected chi connectivity index (χ3v) is 9.50. The topological polar surface area (TPSA) is 6.48 Å². The molecule has 0 amide bonds. The fourth-order valence-electron chi connectivity index (χ4n) is 6.99. The lowest BCUT2D eigenvalue weighted by Crippen LogP contribution is -2.42. The largest absolute Gasteiger partial charge is 0.365 e. The highest BCUT2D eigenvalue weighted by Gasteiger charge is 2.38. The van der Waals surface area contributed by atoms with E-state index in [2.05, 4.69) is 114 Å². The van der Waals surface area contributed by atoms with Gasteiger partial charge in [0.05, 0.1) is 11.1 Å². The summed E-state index contributed by atoms with van der Waals surface area (Å²) in [6.07, 6.45) is 12.6. The molecule has 186 valence electrons. The van der Waals surface area contributed by atoms with Gasteiger partial charge >= 0.3 is 0 Å². The van der Waals surface area contributed by atoms with E-state index in [1.807, 2.05) is 0 Å². The van der Waals surface area contributed by atoms with Crippen LogP contribution >= 0.6 is 0 Å². The summed E-state index contributed by atoms with van der Waals surface area (Å²) in [7, 11) is 4.52. The van der Waals surface area contributed by atoms with E-state index in [9.17, 15) is 0 Å². The average Bonchev–Trinajstić information content (AvgIpc) is 3.07. The van der Waals surface area contributed by atoms with Gasteiger partial charge in [-0.2, -0.15) is 0 Å². The molecule has 1 aliphatic carbocycles. The average molecular weight is 469 g/mol. The highest BCUT2D eigenvalue weighted by Crippen LogP contribution is 2.49. The Morgan fingerprint density at radius 2 is 1.00 bits per heavy atom. The molecule has 0 bridgehead atoms. The molecule has 0 saturated heterocycles. The summed E-state index contributed by atoms with van der Waals surface area (Å²) in [6, 6.07) is 14.8. The number of rotatable bonds is 2. The molecule has 0 aromatic heterocycles. The molecule has 1 saturated carbocycles. The monoisotopic (exact) mass is 468 g/mol. The second-order valence-electron chi connectivity index (χ2n) is 12.5. The first kappa shape index (κ1) is 24.2. The third kappa shape index (κ3) is 3.85. The van der Waals surface area contributed by atoms with Crippen LogP contribution in [0, 0.1) is 0 Å². The summed E-state index contributed by atoms with van der Waals surface area (Å²) >= 11 is 0. The first-order valence-electron chi connectivity index (χ1n) is 13.6. The fourth-order valence-corrected chi connectivity index (χ4v) is 6.99. The molecule has 0 unspecified atom stereocenters. The van der Waals surface area contributed by atoms with Crippen molar-refractivity contribution in [1.29, 1.82) is 0 Å². The van der Waals surface area contributed by atoms with Crippen LogP contribution in [0.15, 0.2) is 48.6 Å². The maximum Gasteiger partial charge on any atom is 0.0531 e. The molecule has 35 heavy (non-hydrogen) atoms. The lowest BCUT2D eigenvalue weighted by atomic mass is 9.68. The van der Waals surface area contributed by atoms with Crippen LogP contribution in [0.4, 0.5) is 11.4 Å². The van der Waals surface area contributed by atoms with Crippen LogP contribution in [0.3, 0.4) is 0 Å². The zero-order valence-corrected chi connectivity index (χ0v) is 23.3. The molecule has 0 atom stereocenters. The molecule has 2 aromatic carbocycles. The zero-order valence-electron chi connectivity index (χ0n) is 23.3. The molecule has 0 spiro atoms. The maximum atomic E-state index is 2.54. The Labute approximate surface area is 213 Å². The summed E-state index contributed by atoms with van der Waals surface area (Å²) in [4.78, 5) is 4.95. The number of hydrogen-bond acceptors (Lipinski definition) is 2. The van der Waals surface area contributed by atoms with Crippen molar-refractivity contribution in [3.63, 3.8) is 0 Å². The van der Waals surface area contributed by atoms with E-state index in [1.165, 1.54) is 83.3 Å². The van der Waals surface area contributed by atoms with Crippen LogP contribution in [0.5, 0.6) is 0 Å². The van der Waals surface area contributed by atoms with Gasteiger partial charge in [-0.05, 0) is 88.8 Å². The molecule has 3 aliphatic rings. The van der Waals surface area contributed by atoms with E-state index in [1.54, 1.807) is 0 Å². The molecule has 1 fully saturated rings. The molecular formula is C33H44N2. The number of allylic oxidation sites excluding steroid dienone is 2. The lowest BCUT2D eigenvalue weighted by molar-refractivity contribution is 0.445. The summed E-state index contributed by atoms with van der Waals surface area (Å²) in [5, 5.41) is 0. The van der Waals surface area contributed by atoms with Crippen LogP contribution in [0.1, 0.15) is 102 Å². The Kier molecular flexibility index (Phi) is 5.74. The van der Waals surface area contributed by atoms with Crippen molar-refractivity contribution in [2.24, 2.45) is 0 Å². The Hall–Kier alpha value is -2.48. The smallest absolute Gasteiger partial charge is 0.0531 e. The van der Waals surface area contributed by atoms with E-state index >= 15 is 0 Å². The molecule has 0 radical (unpaired) electrons. The minimum Gasteiger partial charge on any atom is -0.365 e. The van der Waals surface area contributed by atoms with Crippen LogP contribution < -0.4 is 9.80 Å². The van der Waals surface area contributed by atoms with Gasteiger partial charge in [0.15, 0.2) is 0 Å². The molecule has 2 nitrogen and oxygen atoms in total. The van der Waals surface area contributed by atoms with Gasteiger partial charge in [-0.1, -0.05) is 62.1 Å². The SMILES string of the molecule is CC1=CC(C)(C)N(C)c2cc(C3(c4ccc5c(c4)N(C)C(C)(C)C=C5C)CCCCCC3)ccc21. The van der Waals surface area contributed by atoms with Crippen LogP contribution in [0.25, 0.3) is 11.1 Å². The number of hydrogen-bond donors (Lipinski definition) is 0. The number of nitrogens with zero attached hydrogens (tertiary/aromatic N) is 2. The van der Waals surface area contributed by atoms with Crippen molar-refractivity contribution < 1.29 is 0 Å². The fraction of sp³-hybridized carbons (Fsp3) is 0.515. The lowest BCUT2D eigenvalue weighted by Gasteiger charge is -2.43. The number of anilines is 2. The van der Waals surface area contributed by atoms with Gasteiger partial charge < -0.3 is 9.80 Å². The predicted molar refractivity (Wildman–Crippen MR) is 154 cm³/mol. The summed E-state index contributed by atoms with van der Waals surface area (Å²) in [5.41, 5.74) is 11.4. The highest BCUT2D eigenvalue weighted by molar-refractivity contribution is 5.83. The van der Waals surface area contributed by atoms with Crippen molar-refractivity contribution in [1.82, 2.24) is 0 Å². The molecule has 0 N–H and O–H groups in total. The van der Waals surface area contributed by atoms with E-state index in [4.69, 9.17) is 0 Å². The second-order valence-corrected chi connectivity index (χ2v) is 12.5. The van der Waals surface area contributed by atoms with Gasteiger partial charge in [0.1, 0.15) is 0 Å². The van der Waals surface area contributed by atoms with Gasteiger partial charge in [-0.25, -0.2) is 0 Å². The minimum absolute atomic E-state index is 0.0241. The van der Waals surface area contributed by atoms with Crippen molar-refractivity contribution in [3.8, 4) is 0 Å². The quantitative estimate of drug-likeness (QED) is 0.407.